The smallest absolute Gasteiger partial charge is 0.352 e. The monoisotopic (exact) mass is 379 g/mol. The van der Waals surface area contributed by atoms with Crippen molar-refractivity contribution in [2.24, 2.45) is 0 Å². The van der Waals surface area contributed by atoms with Gasteiger partial charge >= 0.3 is 5.97 Å². The van der Waals surface area contributed by atoms with Gasteiger partial charge in [-0.3, -0.25) is 0 Å². The summed E-state index contributed by atoms with van der Waals surface area (Å²) >= 11 is 1.01. The van der Waals surface area contributed by atoms with Crippen molar-refractivity contribution in [2.75, 3.05) is 19.8 Å². The number of carbonyl (C=O) groups excluding carboxylic acids is 1. The number of β-amino-alcohol motifs (C(OH)–C–C–N with tert-alkyl or cyclic N) is 1. The molecule has 1 atom stereocenters. The van der Waals surface area contributed by atoms with Gasteiger partial charge in [-0.25, -0.2) is 4.79 Å². The summed E-state index contributed by atoms with van der Waals surface area (Å²) in [5.74, 6) is 0.205. The first-order valence-electron chi connectivity index (χ1n) is 8.46. The van der Waals surface area contributed by atoms with Crippen LogP contribution in [0.5, 0.6) is 5.75 Å². The molecule has 0 saturated carbocycles. The summed E-state index contributed by atoms with van der Waals surface area (Å²) in [5, 5.41) is 17.2. The van der Waals surface area contributed by atoms with E-state index in [4.69, 9.17) is 9.47 Å². The van der Waals surface area contributed by atoms with Gasteiger partial charge in [0, 0.05) is 17.6 Å². The number of ether oxygens (including phenoxy) is 2. The number of aliphatic hydroxyl groups excluding tert-OH is 1. The van der Waals surface area contributed by atoms with E-state index in [0.29, 0.717) is 29.5 Å². The minimum atomic E-state index is -0.605. The van der Waals surface area contributed by atoms with Gasteiger partial charge in [-0.2, -0.15) is 0 Å². The summed E-state index contributed by atoms with van der Waals surface area (Å²) in [4.78, 5) is 12.3. The van der Waals surface area contributed by atoms with Gasteiger partial charge < -0.3 is 19.9 Å². The fraction of sp³-hybridized carbons (Fsp3) is 0.500. The maximum atomic E-state index is 11.9. The summed E-state index contributed by atoms with van der Waals surface area (Å²) in [7, 11) is 0. The molecule has 0 amide bonds. The topological polar surface area (TPSA) is 93.6 Å². The molecule has 2 N–H and O–H groups in total. The lowest BCUT2D eigenvalue weighted by atomic mass is 10.1. The van der Waals surface area contributed by atoms with E-state index in [0.717, 1.165) is 17.1 Å². The third-order valence-corrected chi connectivity index (χ3v) is 4.09. The molecular formula is C18H25N3O4S. The molecule has 0 radical (unpaired) electrons. The van der Waals surface area contributed by atoms with Gasteiger partial charge in [0.05, 0.1) is 6.61 Å². The molecule has 0 aliphatic heterocycles. The molecule has 1 aromatic heterocycles. The Kier molecular flexibility index (Phi) is 7.07. The van der Waals surface area contributed by atoms with Crippen molar-refractivity contribution >= 4 is 17.5 Å². The molecule has 8 heteroatoms. The third-order valence-electron chi connectivity index (χ3n) is 3.39. The lowest BCUT2D eigenvalue weighted by Crippen LogP contribution is -2.42. The Labute approximate surface area is 157 Å². The zero-order valence-corrected chi connectivity index (χ0v) is 16.3. The molecule has 0 saturated heterocycles. The Balaban J connectivity index is 1.95. The Morgan fingerprint density at radius 1 is 1.31 bits per heavy atom. The molecule has 1 aromatic carbocycles. The quantitative estimate of drug-likeness (QED) is 0.681. The van der Waals surface area contributed by atoms with E-state index < -0.39 is 12.1 Å². The lowest BCUT2D eigenvalue weighted by Gasteiger charge is -2.22. The van der Waals surface area contributed by atoms with E-state index in [1.807, 2.05) is 20.8 Å². The van der Waals surface area contributed by atoms with Crippen molar-refractivity contribution in [3.8, 4) is 17.0 Å². The number of esters is 1. The SMILES string of the molecule is CCOC(=O)c1snnc1-c1ccc(OCC(O)CNC(C)(C)C)cc1. The highest BCUT2D eigenvalue weighted by Gasteiger charge is 2.19. The maximum absolute atomic E-state index is 11.9. The Hall–Kier alpha value is -2.03. The van der Waals surface area contributed by atoms with E-state index in [1.54, 1.807) is 31.2 Å². The summed E-state index contributed by atoms with van der Waals surface area (Å²) in [6, 6.07) is 7.14. The van der Waals surface area contributed by atoms with Crippen LogP contribution in [0.2, 0.25) is 0 Å². The van der Waals surface area contributed by atoms with Crippen molar-refractivity contribution in [2.45, 2.75) is 39.3 Å². The molecular weight excluding hydrogens is 354 g/mol. The Morgan fingerprint density at radius 2 is 2.00 bits per heavy atom. The molecule has 2 rings (SSSR count). The van der Waals surface area contributed by atoms with Crippen molar-refractivity contribution < 1.29 is 19.4 Å². The highest BCUT2D eigenvalue weighted by Crippen LogP contribution is 2.26. The van der Waals surface area contributed by atoms with Crippen LogP contribution in [0.25, 0.3) is 11.3 Å². The summed E-state index contributed by atoms with van der Waals surface area (Å²) in [6.07, 6.45) is -0.605. The fourth-order valence-electron chi connectivity index (χ4n) is 2.09. The van der Waals surface area contributed by atoms with Crippen LogP contribution < -0.4 is 10.1 Å². The van der Waals surface area contributed by atoms with Crippen molar-refractivity contribution in [3.63, 3.8) is 0 Å². The van der Waals surface area contributed by atoms with Crippen LogP contribution in [-0.4, -0.2) is 52.1 Å². The molecule has 0 bridgehead atoms. The minimum Gasteiger partial charge on any atom is -0.491 e. The summed E-state index contributed by atoms with van der Waals surface area (Å²) < 4.78 is 14.5. The van der Waals surface area contributed by atoms with Crippen LogP contribution in [0.3, 0.4) is 0 Å². The first-order valence-corrected chi connectivity index (χ1v) is 9.23. The standard InChI is InChI=1S/C18H25N3O4S/c1-5-24-17(23)16-15(20-21-26-16)12-6-8-14(9-7-12)25-11-13(22)10-19-18(2,3)4/h6-9,13,19,22H,5,10-11H2,1-4H3. The summed E-state index contributed by atoms with van der Waals surface area (Å²) in [5.41, 5.74) is 1.19. The number of benzene rings is 1. The molecule has 1 unspecified atom stereocenters. The highest BCUT2D eigenvalue weighted by molar-refractivity contribution is 7.08. The van der Waals surface area contributed by atoms with Crippen LogP contribution in [-0.2, 0) is 4.74 Å². The molecule has 0 aliphatic rings. The molecule has 0 spiro atoms. The molecule has 1 heterocycles. The maximum Gasteiger partial charge on any atom is 0.352 e. The molecule has 0 aliphatic carbocycles. The van der Waals surface area contributed by atoms with Gasteiger partial charge in [0.1, 0.15) is 24.2 Å². The van der Waals surface area contributed by atoms with Gasteiger partial charge in [-0.05, 0) is 63.5 Å². The molecule has 26 heavy (non-hydrogen) atoms. The second-order valence-corrected chi connectivity index (χ2v) is 7.55. The van der Waals surface area contributed by atoms with Crippen molar-refractivity contribution in [1.29, 1.82) is 0 Å². The zero-order valence-electron chi connectivity index (χ0n) is 15.5. The van der Waals surface area contributed by atoms with E-state index in [2.05, 4.69) is 14.9 Å². The first-order chi connectivity index (χ1) is 12.3. The van der Waals surface area contributed by atoms with Gasteiger partial charge in [-0.15, -0.1) is 5.10 Å². The third kappa shape index (κ3) is 6.05. The molecule has 0 fully saturated rings. The Bertz CT molecular complexity index is 710. The predicted molar refractivity (Wildman–Crippen MR) is 101 cm³/mol. The fourth-order valence-corrected chi connectivity index (χ4v) is 2.68. The number of rotatable bonds is 8. The van der Waals surface area contributed by atoms with Crippen LogP contribution in [0, 0.1) is 0 Å². The number of hydrogen-bond acceptors (Lipinski definition) is 8. The molecule has 2 aromatic rings. The lowest BCUT2D eigenvalue weighted by molar-refractivity contribution is 0.0532. The molecule has 142 valence electrons. The predicted octanol–water partition coefficient (Wildman–Crippen LogP) is 2.51. The van der Waals surface area contributed by atoms with Gasteiger partial charge in [-0.1, -0.05) is 4.49 Å². The molecule has 7 nitrogen and oxygen atoms in total. The second-order valence-electron chi connectivity index (χ2n) is 6.79. The number of aromatic nitrogens is 2. The number of hydrogen-bond donors (Lipinski definition) is 2. The number of nitrogens with zero attached hydrogens (tertiary/aromatic N) is 2. The van der Waals surface area contributed by atoms with Gasteiger partial charge in [0.15, 0.2) is 4.88 Å². The summed E-state index contributed by atoms with van der Waals surface area (Å²) in [6.45, 7) is 8.81. The van der Waals surface area contributed by atoms with Crippen LogP contribution >= 0.6 is 11.5 Å². The Morgan fingerprint density at radius 3 is 2.62 bits per heavy atom. The largest absolute Gasteiger partial charge is 0.491 e. The highest BCUT2D eigenvalue weighted by atomic mass is 32.1. The second kappa shape index (κ2) is 9.07. The number of carbonyl (C=O) groups is 1. The van der Waals surface area contributed by atoms with E-state index in [1.165, 1.54) is 0 Å². The van der Waals surface area contributed by atoms with Crippen LogP contribution in [0.15, 0.2) is 24.3 Å². The van der Waals surface area contributed by atoms with Gasteiger partial charge in [0.25, 0.3) is 0 Å². The first kappa shape index (κ1) is 20.3. The average Bonchev–Trinajstić information content (AvgIpc) is 3.08. The van der Waals surface area contributed by atoms with E-state index in [9.17, 15) is 9.90 Å². The van der Waals surface area contributed by atoms with Crippen LogP contribution in [0.4, 0.5) is 0 Å². The minimum absolute atomic E-state index is 0.0547. The number of aliphatic hydroxyl groups is 1. The number of nitrogens with one attached hydrogen (secondary N) is 1. The van der Waals surface area contributed by atoms with Crippen LogP contribution in [0.1, 0.15) is 37.4 Å². The van der Waals surface area contributed by atoms with Gasteiger partial charge in [0.2, 0.25) is 0 Å². The average molecular weight is 379 g/mol. The van der Waals surface area contributed by atoms with Crippen molar-refractivity contribution in [1.82, 2.24) is 14.9 Å². The normalized spacial score (nSPS) is 12.7. The van der Waals surface area contributed by atoms with Crippen molar-refractivity contribution in [3.05, 3.63) is 29.1 Å². The van der Waals surface area contributed by atoms with E-state index in [-0.39, 0.29) is 12.1 Å². The zero-order chi connectivity index (χ0) is 19.2. The van der Waals surface area contributed by atoms with E-state index >= 15 is 0 Å².